The molecule has 1 aliphatic rings. The summed E-state index contributed by atoms with van der Waals surface area (Å²) in [4.78, 5) is 0. The summed E-state index contributed by atoms with van der Waals surface area (Å²) < 4.78 is 35.6. The molecule has 0 bridgehead atoms. The van der Waals surface area contributed by atoms with Crippen LogP contribution in [-0.2, 0) is 17.6 Å². The molecule has 1 unspecified atom stereocenters. The first-order chi connectivity index (χ1) is 16.5. The molecule has 1 saturated carbocycles. The predicted octanol–water partition coefficient (Wildman–Crippen LogP) is 8.51. The molecule has 1 atom stereocenters. The second kappa shape index (κ2) is 11.8. The number of hydrogen-bond acceptors (Lipinski definition) is 1. The molecule has 0 aliphatic heterocycles. The third kappa shape index (κ3) is 6.33. The maximum Gasteiger partial charge on any atom is 0.129 e. The molecule has 0 spiro atoms. The Labute approximate surface area is 203 Å². The van der Waals surface area contributed by atoms with E-state index in [0.29, 0.717) is 18.1 Å². The summed E-state index contributed by atoms with van der Waals surface area (Å²) >= 11 is 0. The van der Waals surface area contributed by atoms with E-state index in [2.05, 4.69) is 19.1 Å². The van der Waals surface area contributed by atoms with Gasteiger partial charge in [-0.25, -0.2) is 8.78 Å². The predicted molar refractivity (Wildman–Crippen MR) is 136 cm³/mol. The van der Waals surface area contributed by atoms with Gasteiger partial charge in [0.25, 0.3) is 0 Å². The van der Waals surface area contributed by atoms with Crippen LogP contribution in [0.2, 0.25) is 0 Å². The summed E-state index contributed by atoms with van der Waals surface area (Å²) in [6.45, 7) is 4.88. The van der Waals surface area contributed by atoms with Crippen LogP contribution in [0, 0.1) is 17.6 Å². The van der Waals surface area contributed by atoms with Gasteiger partial charge in [-0.3, -0.25) is 0 Å². The van der Waals surface area contributed by atoms with Gasteiger partial charge in [-0.15, -0.1) is 0 Å². The molecule has 1 nitrogen and oxygen atoms in total. The van der Waals surface area contributed by atoms with Gasteiger partial charge in [0.1, 0.15) is 11.6 Å². The largest absolute Gasteiger partial charge is 0.379 e. The SMILES string of the molecule is CCOC1CCC(CCc2ccc(-c3cc(F)c(CC(C)c4ccccc4)c(F)c3)cc2)CC1. The molecule has 34 heavy (non-hydrogen) atoms. The van der Waals surface area contributed by atoms with Crippen LogP contribution >= 0.6 is 0 Å². The zero-order valence-corrected chi connectivity index (χ0v) is 20.4. The van der Waals surface area contributed by atoms with Crippen molar-refractivity contribution in [3.05, 3.63) is 95.1 Å². The smallest absolute Gasteiger partial charge is 0.129 e. The maximum atomic E-state index is 14.9. The van der Waals surface area contributed by atoms with Crippen molar-refractivity contribution in [3.63, 3.8) is 0 Å². The van der Waals surface area contributed by atoms with Crippen LogP contribution in [0.1, 0.15) is 68.6 Å². The number of ether oxygens (including phenoxy) is 1. The molecule has 180 valence electrons. The first-order valence-corrected chi connectivity index (χ1v) is 12.8. The van der Waals surface area contributed by atoms with Crippen LogP contribution in [0.4, 0.5) is 8.78 Å². The lowest BCUT2D eigenvalue weighted by atomic mass is 9.83. The Kier molecular flexibility index (Phi) is 8.50. The Balaban J connectivity index is 1.36. The average Bonchev–Trinajstić information content (AvgIpc) is 2.86. The molecule has 0 aromatic heterocycles. The topological polar surface area (TPSA) is 9.23 Å². The van der Waals surface area contributed by atoms with Gasteiger partial charge in [0.15, 0.2) is 0 Å². The van der Waals surface area contributed by atoms with Crippen molar-refractivity contribution in [2.24, 2.45) is 5.92 Å². The summed E-state index contributed by atoms with van der Waals surface area (Å²) in [6.07, 6.45) is 7.87. The lowest BCUT2D eigenvalue weighted by Crippen LogP contribution is -2.21. The fourth-order valence-electron chi connectivity index (χ4n) is 5.23. The molecule has 1 aliphatic carbocycles. The summed E-state index contributed by atoms with van der Waals surface area (Å²) in [5, 5.41) is 0. The zero-order valence-electron chi connectivity index (χ0n) is 20.4. The Morgan fingerprint density at radius 2 is 1.50 bits per heavy atom. The Bertz CT molecular complexity index is 1010. The highest BCUT2D eigenvalue weighted by atomic mass is 19.1. The van der Waals surface area contributed by atoms with Gasteiger partial charge in [-0.05, 0) is 98.1 Å². The third-order valence-corrected chi connectivity index (χ3v) is 7.34. The summed E-state index contributed by atoms with van der Waals surface area (Å²) in [6, 6.07) is 21.0. The van der Waals surface area contributed by atoms with Gasteiger partial charge < -0.3 is 4.74 Å². The summed E-state index contributed by atoms with van der Waals surface area (Å²) in [5.74, 6) is -0.121. The highest BCUT2D eigenvalue weighted by Crippen LogP contribution is 2.31. The lowest BCUT2D eigenvalue weighted by Gasteiger charge is -2.28. The fourth-order valence-corrected chi connectivity index (χ4v) is 5.23. The molecule has 0 radical (unpaired) electrons. The lowest BCUT2D eigenvalue weighted by molar-refractivity contribution is 0.0248. The van der Waals surface area contributed by atoms with Crippen molar-refractivity contribution >= 4 is 0 Å². The average molecular weight is 463 g/mol. The van der Waals surface area contributed by atoms with E-state index in [0.717, 1.165) is 30.1 Å². The maximum absolute atomic E-state index is 14.9. The first kappa shape index (κ1) is 24.6. The Morgan fingerprint density at radius 3 is 2.12 bits per heavy atom. The summed E-state index contributed by atoms with van der Waals surface area (Å²) in [7, 11) is 0. The van der Waals surface area contributed by atoms with Crippen LogP contribution < -0.4 is 0 Å². The number of halogens is 2. The quantitative estimate of drug-likeness (QED) is 0.310. The zero-order chi connectivity index (χ0) is 23.9. The number of hydrogen-bond donors (Lipinski definition) is 0. The van der Waals surface area contributed by atoms with Crippen LogP contribution in [0.5, 0.6) is 0 Å². The van der Waals surface area contributed by atoms with Gasteiger partial charge in [0.2, 0.25) is 0 Å². The number of benzene rings is 3. The molecular weight excluding hydrogens is 426 g/mol. The van der Waals surface area contributed by atoms with Crippen molar-refractivity contribution in [1.29, 1.82) is 0 Å². The standard InChI is InChI=1S/C31H36F2O/c1-3-34-28-17-13-24(14-18-28)10-9-23-11-15-26(16-12-23)27-20-30(32)29(31(33)21-27)19-22(2)25-7-5-4-6-8-25/h4-8,11-12,15-16,20-22,24,28H,3,9-10,13-14,17-19H2,1-2H3. The van der Waals surface area contributed by atoms with Crippen molar-refractivity contribution in [3.8, 4) is 11.1 Å². The number of rotatable bonds is 9. The Hall–Kier alpha value is -2.52. The van der Waals surface area contributed by atoms with E-state index in [4.69, 9.17) is 4.74 Å². The molecule has 0 saturated heterocycles. The van der Waals surface area contributed by atoms with E-state index >= 15 is 0 Å². The molecule has 3 aromatic carbocycles. The normalized spacial score (nSPS) is 19.2. The van der Waals surface area contributed by atoms with Gasteiger partial charge >= 0.3 is 0 Å². The minimum absolute atomic E-state index is 0.0459. The van der Waals surface area contributed by atoms with Crippen LogP contribution in [-0.4, -0.2) is 12.7 Å². The highest BCUT2D eigenvalue weighted by molar-refractivity contribution is 5.64. The molecule has 0 N–H and O–H groups in total. The van der Waals surface area contributed by atoms with E-state index in [1.54, 1.807) is 0 Å². The van der Waals surface area contributed by atoms with E-state index in [-0.39, 0.29) is 11.5 Å². The minimum Gasteiger partial charge on any atom is -0.379 e. The van der Waals surface area contributed by atoms with Crippen LogP contribution in [0.25, 0.3) is 11.1 Å². The number of aryl methyl sites for hydroxylation is 1. The van der Waals surface area contributed by atoms with E-state index < -0.39 is 11.6 Å². The van der Waals surface area contributed by atoms with Gasteiger partial charge in [-0.2, -0.15) is 0 Å². The second-order valence-corrected chi connectivity index (χ2v) is 9.77. The molecule has 1 fully saturated rings. The van der Waals surface area contributed by atoms with Crippen molar-refractivity contribution in [2.45, 2.75) is 70.8 Å². The van der Waals surface area contributed by atoms with Gasteiger partial charge in [0.05, 0.1) is 6.10 Å². The van der Waals surface area contributed by atoms with Crippen molar-refractivity contribution in [2.75, 3.05) is 6.61 Å². The summed E-state index contributed by atoms with van der Waals surface area (Å²) in [5.41, 5.74) is 3.97. The van der Waals surface area contributed by atoms with Crippen LogP contribution in [0.3, 0.4) is 0 Å². The van der Waals surface area contributed by atoms with E-state index in [1.165, 1.54) is 49.8 Å². The van der Waals surface area contributed by atoms with Gasteiger partial charge in [-0.1, -0.05) is 61.5 Å². The first-order valence-electron chi connectivity index (χ1n) is 12.8. The molecule has 4 rings (SSSR count). The third-order valence-electron chi connectivity index (χ3n) is 7.34. The van der Waals surface area contributed by atoms with Crippen LogP contribution in [0.15, 0.2) is 66.7 Å². The molecular formula is C31H36F2O. The fraction of sp³-hybridized carbons (Fsp3) is 0.419. The molecule has 0 amide bonds. The van der Waals surface area contributed by atoms with Crippen molar-refractivity contribution < 1.29 is 13.5 Å². The van der Waals surface area contributed by atoms with E-state index in [1.807, 2.05) is 49.4 Å². The second-order valence-electron chi connectivity index (χ2n) is 9.77. The van der Waals surface area contributed by atoms with Crippen molar-refractivity contribution in [1.82, 2.24) is 0 Å². The molecule has 3 aromatic rings. The Morgan fingerprint density at radius 1 is 0.853 bits per heavy atom. The van der Waals surface area contributed by atoms with Gasteiger partial charge in [0, 0.05) is 12.2 Å². The monoisotopic (exact) mass is 462 g/mol. The molecule has 0 heterocycles. The highest BCUT2D eigenvalue weighted by Gasteiger charge is 2.21. The minimum atomic E-state index is -0.468. The van der Waals surface area contributed by atoms with E-state index in [9.17, 15) is 8.78 Å². The molecule has 3 heteroatoms.